The van der Waals surface area contributed by atoms with Gasteiger partial charge in [-0.25, -0.2) is 8.78 Å². The van der Waals surface area contributed by atoms with Gasteiger partial charge in [-0.05, 0) is 37.3 Å². The van der Waals surface area contributed by atoms with E-state index < -0.39 is 11.4 Å². The second-order valence-corrected chi connectivity index (χ2v) is 5.43. The summed E-state index contributed by atoms with van der Waals surface area (Å²) < 4.78 is 37.4. The van der Waals surface area contributed by atoms with Crippen molar-refractivity contribution in [3.8, 4) is 5.75 Å². The van der Waals surface area contributed by atoms with E-state index in [1.54, 1.807) is 25.1 Å². The van der Waals surface area contributed by atoms with E-state index >= 15 is 0 Å². The first-order valence-corrected chi connectivity index (χ1v) is 7.40. The third-order valence-corrected chi connectivity index (χ3v) is 3.70. The Morgan fingerprint density at radius 2 is 1.79 bits per heavy atom. The molecule has 1 atom stereocenters. The van der Waals surface area contributed by atoms with Gasteiger partial charge >= 0.3 is 0 Å². The number of amides is 1. The van der Waals surface area contributed by atoms with Crippen molar-refractivity contribution in [2.45, 2.75) is 12.5 Å². The van der Waals surface area contributed by atoms with Crippen LogP contribution in [0.4, 0.5) is 8.78 Å². The lowest BCUT2D eigenvalue weighted by atomic mass is 9.95. The normalized spacial score (nSPS) is 13.2. The van der Waals surface area contributed by atoms with Crippen molar-refractivity contribution in [3.63, 3.8) is 0 Å². The van der Waals surface area contributed by atoms with Crippen molar-refractivity contribution >= 4 is 5.91 Å². The van der Waals surface area contributed by atoms with Crippen LogP contribution in [0.15, 0.2) is 48.5 Å². The van der Waals surface area contributed by atoms with Crippen LogP contribution in [0.1, 0.15) is 12.5 Å². The molecule has 1 unspecified atom stereocenters. The molecule has 6 heteroatoms. The van der Waals surface area contributed by atoms with Crippen LogP contribution in [0.3, 0.4) is 0 Å². The largest absolute Gasteiger partial charge is 0.484 e. The first kappa shape index (κ1) is 17.9. The summed E-state index contributed by atoms with van der Waals surface area (Å²) in [5.41, 5.74) is -0.649. The van der Waals surface area contributed by atoms with Crippen LogP contribution in [0.25, 0.3) is 0 Å². The summed E-state index contributed by atoms with van der Waals surface area (Å²) in [5, 5.41) is 2.65. The van der Waals surface area contributed by atoms with Crippen LogP contribution in [-0.2, 0) is 15.1 Å². The van der Waals surface area contributed by atoms with Crippen molar-refractivity contribution in [1.29, 1.82) is 0 Å². The third kappa shape index (κ3) is 4.52. The number of ether oxygens (including phenoxy) is 2. The van der Waals surface area contributed by atoms with Gasteiger partial charge in [-0.1, -0.05) is 18.2 Å². The molecule has 0 fully saturated rings. The molecule has 2 aromatic rings. The third-order valence-electron chi connectivity index (χ3n) is 3.70. The minimum Gasteiger partial charge on any atom is -0.484 e. The molecule has 2 rings (SSSR count). The Kier molecular flexibility index (Phi) is 5.87. The Hall–Kier alpha value is -2.47. The molecule has 24 heavy (non-hydrogen) atoms. The van der Waals surface area contributed by atoms with E-state index in [0.717, 1.165) is 0 Å². The summed E-state index contributed by atoms with van der Waals surface area (Å²) in [4.78, 5) is 11.9. The molecular weight excluding hydrogens is 316 g/mol. The van der Waals surface area contributed by atoms with Gasteiger partial charge in [0.05, 0.1) is 6.54 Å². The zero-order chi connectivity index (χ0) is 17.6. The molecule has 0 aliphatic carbocycles. The van der Waals surface area contributed by atoms with E-state index in [0.29, 0.717) is 11.3 Å². The lowest BCUT2D eigenvalue weighted by Gasteiger charge is -2.29. The van der Waals surface area contributed by atoms with Crippen LogP contribution in [0.5, 0.6) is 5.75 Å². The van der Waals surface area contributed by atoms with Gasteiger partial charge in [0.2, 0.25) is 0 Å². The number of benzene rings is 2. The van der Waals surface area contributed by atoms with Crippen LogP contribution < -0.4 is 10.1 Å². The molecule has 128 valence electrons. The fourth-order valence-corrected chi connectivity index (χ4v) is 2.17. The Morgan fingerprint density at radius 1 is 1.12 bits per heavy atom. The molecule has 0 spiro atoms. The van der Waals surface area contributed by atoms with E-state index in [4.69, 9.17) is 9.47 Å². The average molecular weight is 335 g/mol. The molecule has 1 N–H and O–H groups in total. The highest BCUT2D eigenvalue weighted by Gasteiger charge is 2.29. The number of rotatable bonds is 7. The van der Waals surface area contributed by atoms with E-state index in [9.17, 15) is 13.6 Å². The van der Waals surface area contributed by atoms with Crippen molar-refractivity contribution < 1.29 is 23.0 Å². The quantitative estimate of drug-likeness (QED) is 0.846. The number of carbonyl (C=O) groups excluding carboxylic acids is 1. The predicted octanol–water partition coefficient (Wildman–Crippen LogP) is 3.02. The van der Waals surface area contributed by atoms with E-state index in [1.807, 2.05) is 0 Å². The van der Waals surface area contributed by atoms with Gasteiger partial charge in [-0.2, -0.15) is 0 Å². The Labute approximate surface area is 139 Å². The predicted molar refractivity (Wildman–Crippen MR) is 85.7 cm³/mol. The summed E-state index contributed by atoms with van der Waals surface area (Å²) in [7, 11) is 1.45. The summed E-state index contributed by atoms with van der Waals surface area (Å²) >= 11 is 0. The van der Waals surface area contributed by atoms with Crippen molar-refractivity contribution in [3.05, 3.63) is 65.7 Å². The van der Waals surface area contributed by atoms with Crippen LogP contribution in [0, 0.1) is 11.6 Å². The van der Waals surface area contributed by atoms with E-state index in [1.165, 1.54) is 37.4 Å². The van der Waals surface area contributed by atoms with Crippen LogP contribution in [-0.4, -0.2) is 26.2 Å². The average Bonchev–Trinajstić information content (AvgIpc) is 2.59. The fourth-order valence-electron chi connectivity index (χ4n) is 2.17. The van der Waals surface area contributed by atoms with Gasteiger partial charge in [0.15, 0.2) is 6.61 Å². The van der Waals surface area contributed by atoms with Gasteiger partial charge in [-0.3, -0.25) is 4.79 Å². The SMILES string of the molecule is COC(C)(CNC(=O)COc1ccc(F)cc1)c1ccccc1F. The second kappa shape index (κ2) is 7.88. The minimum absolute atomic E-state index is 0.0794. The zero-order valence-corrected chi connectivity index (χ0v) is 13.5. The number of halogens is 2. The number of carbonyl (C=O) groups is 1. The van der Waals surface area contributed by atoms with Crippen LogP contribution >= 0.6 is 0 Å². The molecule has 0 saturated heterocycles. The first-order chi connectivity index (χ1) is 11.4. The number of hydrogen-bond acceptors (Lipinski definition) is 3. The van der Waals surface area contributed by atoms with Gasteiger partial charge in [0.1, 0.15) is 23.0 Å². The molecule has 0 radical (unpaired) electrons. The second-order valence-electron chi connectivity index (χ2n) is 5.43. The summed E-state index contributed by atoms with van der Waals surface area (Å²) in [6.45, 7) is 1.53. The standard InChI is InChI=1S/C18H19F2NO3/c1-18(23-2,15-5-3-4-6-16(15)20)12-21-17(22)11-24-14-9-7-13(19)8-10-14/h3-10H,11-12H2,1-2H3,(H,21,22). The first-order valence-electron chi connectivity index (χ1n) is 7.40. The molecule has 0 aliphatic heterocycles. The molecule has 0 bridgehead atoms. The van der Waals surface area contributed by atoms with Crippen LogP contribution in [0.2, 0.25) is 0 Å². The zero-order valence-electron chi connectivity index (χ0n) is 13.5. The molecular formula is C18H19F2NO3. The fraction of sp³-hybridized carbons (Fsp3) is 0.278. The summed E-state index contributed by atoms with van der Waals surface area (Å²) in [6.07, 6.45) is 0. The van der Waals surface area contributed by atoms with Crippen molar-refractivity contribution in [2.75, 3.05) is 20.3 Å². The Balaban J connectivity index is 1.91. The molecule has 0 aromatic heterocycles. The monoisotopic (exact) mass is 335 g/mol. The number of methoxy groups -OCH3 is 1. The maximum Gasteiger partial charge on any atom is 0.258 e. The minimum atomic E-state index is -1.00. The van der Waals surface area contributed by atoms with Gasteiger partial charge in [-0.15, -0.1) is 0 Å². The highest BCUT2D eigenvalue weighted by Crippen LogP contribution is 2.26. The number of nitrogens with one attached hydrogen (secondary N) is 1. The maximum atomic E-state index is 14.0. The highest BCUT2D eigenvalue weighted by atomic mass is 19.1. The molecule has 0 heterocycles. The van der Waals surface area contributed by atoms with Gasteiger partial charge in [0.25, 0.3) is 5.91 Å². The maximum absolute atomic E-state index is 14.0. The lowest BCUT2D eigenvalue weighted by Crippen LogP contribution is -2.42. The summed E-state index contributed by atoms with van der Waals surface area (Å²) in [5.74, 6) is -0.791. The molecule has 0 saturated carbocycles. The summed E-state index contributed by atoms with van der Waals surface area (Å²) in [6, 6.07) is 11.6. The Morgan fingerprint density at radius 3 is 2.42 bits per heavy atom. The lowest BCUT2D eigenvalue weighted by molar-refractivity contribution is -0.124. The molecule has 0 aliphatic rings. The highest BCUT2D eigenvalue weighted by molar-refractivity contribution is 5.77. The Bertz CT molecular complexity index is 691. The molecule has 4 nitrogen and oxygen atoms in total. The van der Waals surface area contributed by atoms with Gasteiger partial charge < -0.3 is 14.8 Å². The molecule has 1 amide bonds. The number of hydrogen-bond donors (Lipinski definition) is 1. The molecule has 2 aromatic carbocycles. The smallest absolute Gasteiger partial charge is 0.258 e. The van der Waals surface area contributed by atoms with Crippen molar-refractivity contribution in [1.82, 2.24) is 5.32 Å². The topological polar surface area (TPSA) is 47.6 Å². The van der Waals surface area contributed by atoms with Crippen molar-refractivity contribution in [2.24, 2.45) is 0 Å². The van der Waals surface area contributed by atoms with E-state index in [2.05, 4.69) is 5.32 Å². The van der Waals surface area contributed by atoms with E-state index in [-0.39, 0.29) is 24.9 Å². The van der Waals surface area contributed by atoms with Gasteiger partial charge in [0, 0.05) is 12.7 Å².